The van der Waals surface area contributed by atoms with Crippen molar-refractivity contribution < 1.29 is 33.7 Å². The summed E-state index contributed by atoms with van der Waals surface area (Å²) in [7, 11) is 1.33. The molecule has 0 aliphatic carbocycles. The van der Waals surface area contributed by atoms with E-state index in [1.54, 1.807) is 6.08 Å². The molecule has 0 aliphatic heterocycles. The SMILES string of the molecule is COC(=O)/C=C/c1ccc2[nH]c(C)c(C(=O)OCc3ccccc3)c2c1.Cc1[nH]c2ccc(CCCO)cc2c1C(=O)OCc1ccccc1. The Hall–Kier alpha value is -5.93. The lowest BCUT2D eigenvalue weighted by atomic mass is 10.0. The van der Waals surface area contributed by atoms with E-state index in [0.717, 1.165) is 61.9 Å². The molecule has 2 heterocycles. The lowest BCUT2D eigenvalue weighted by Gasteiger charge is -2.06. The number of carbonyl (C=O) groups is 3. The molecule has 0 radical (unpaired) electrons. The summed E-state index contributed by atoms with van der Waals surface area (Å²) in [5.74, 6) is -1.13. The topological polar surface area (TPSA) is 131 Å². The van der Waals surface area contributed by atoms with E-state index in [9.17, 15) is 14.4 Å². The molecule has 6 aromatic rings. The van der Waals surface area contributed by atoms with E-state index in [2.05, 4.69) is 14.7 Å². The van der Waals surface area contributed by atoms with E-state index < -0.39 is 5.97 Å². The first-order valence-electron chi connectivity index (χ1n) is 16.3. The van der Waals surface area contributed by atoms with E-state index in [1.165, 1.54) is 13.2 Å². The molecule has 2 aromatic heterocycles. The quantitative estimate of drug-likeness (QED) is 0.0728. The summed E-state index contributed by atoms with van der Waals surface area (Å²) in [5.41, 5.74) is 8.19. The Kier molecular flexibility index (Phi) is 12.0. The molecule has 0 fully saturated rings. The molecule has 0 spiro atoms. The summed E-state index contributed by atoms with van der Waals surface area (Å²) < 4.78 is 15.5. The van der Waals surface area contributed by atoms with Crippen LogP contribution in [0.3, 0.4) is 0 Å². The third-order valence-corrected chi connectivity index (χ3v) is 8.13. The van der Waals surface area contributed by atoms with Crippen molar-refractivity contribution in [3.05, 3.63) is 148 Å². The van der Waals surface area contributed by atoms with E-state index >= 15 is 0 Å². The number of aromatic amines is 2. The molecule has 0 saturated heterocycles. The predicted molar refractivity (Wildman–Crippen MR) is 194 cm³/mol. The lowest BCUT2D eigenvalue weighted by molar-refractivity contribution is -0.134. The summed E-state index contributed by atoms with van der Waals surface area (Å²) in [4.78, 5) is 42.9. The maximum absolute atomic E-state index is 12.6. The maximum Gasteiger partial charge on any atom is 0.340 e. The number of aliphatic hydroxyl groups excluding tert-OH is 1. The molecule has 0 amide bonds. The van der Waals surface area contributed by atoms with Crippen LogP contribution in [0.2, 0.25) is 0 Å². The van der Waals surface area contributed by atoms with Crippen molar-refractivity contribution in [3.8, 4) is 0 Å². The van der Waals surface area contributed by atoms with Gasteiger partial charge in [0.25, 0.3) is 0 Å². The van der Waals surface area contributed by atoms with Gasteiger partial charge in [-0.05, 0) is 79.3 Å². The number of carbonyl (C=O) groups excluding carboxylic acids is 3. The fourth-order valence-electron chi connectivity index (χ4n) is 5.61. The van der Waals surface area contributed by atoms with Crippen LogP contribution in [0.15, 0.2) is 103 Å². The van der Waals surface area contributed by atoms with Gasteiger partial charge in [-0.2, -0.15) is 0 Å². The van der Waals surface area contributed by atoms with Crippen LogP contribution in [0, 0.1) is 13.8 Å². The zero-order valence-electron chi connectivity index (χ0n) is 28.3. The van der Waals surface area contributed by atoms with Crippen molar-refractivity contribution in [2.45, 2.75) is 39.9 Å². The predicted octanol–water partition coefficient (Wildman–Crippen LogP) is 7.78. The van der Waals surface area contributed by atoms with Gasteiger partial charge in [-0.25, -0.2) is 14.4 Å². The van der Waals surface area contributed by atoms with Crippen molar-refractivity contribution in [2.24, 2.45) is 0 Å². The molecule has 0 atom stereocenters. The van der Waals surface area contributed by atoms with Crippen LogP contribution in [0.5, 0.6) is 0 Å². The zero-order valence-corrected chi connectivity index (χ0v) is 28.3. The van der Waals surface area contributed by atoms with Crippen LogP contribution >= 0.6 is 0 Å². The second-order valence-electron chi connectivity index (χ2n) is 11.7. The monoisotopic (exact) mass is 672 g/mol. The Bertz CT molecular complexity index is 2110. The molecular weight excluding hydrogens is 632 g/mol. The highest BCUT2D eigenvalue weighted by molar-refractivity contribution is 6.07. The normalized spacial score (nSPS) is 11.0. The number of ether oxygens (including phenoxy) is 3. The Balaban J connectivity index is 0.000000195. The van der Waals surface area contributed by atoms with Crippen LogP contribution in [0.4, 0.5) is 0 Å². The molecular formula is C41H40N2O7. The Morgan fingerprint density at radius 2 is 1.20 bits per heavy atom. The number of fused-ring (bicyclic) bond motifs is 2. The number of hydrogen-bond acceptors (Lipinski definition) is 7. The highest BCUT2D eigenvalue weighted by atomic mass is 16.5. The minimum atomic E-state index is -0.433. The molecule has 3 N–H and O–H groups in total. The van der Waals surface area contributed by atoms with Crippen molar-refractivity contribution in [3.63, 3.8) is 0 Å². The second-order valence-corrected chi connectivity index (χ2v) is 11.7. The molecule has 4 aromatic carbocycles. The van der Waals surface area contributed by atoms with Crippen LogP contribution in [-0.4, -0.2) is 46.7 Å². The van der Waals surface area contributed by atoms with Gasteiger partial charge in [0.1, 0.15) is 13.2 Å². The molecule has 6 rings (SSSR count). The van der Waals surface area contributed by atoms with E-state index in [-0.39, 0.29) is 31.8 Å². The van der Waals surface area contributed by atoms with Crippen molar-refractivity contribution in [1.29, 1.82) is 0 Å². The van der Waals surface area contributed by atoms with Gasteiger partial charge in [0.15, 0.2) is 0 Å². The van der Waals surface area contributed by atoms with Gasteiger partial charge >= 0.3 is 17.9 Å². The number of methoxy groups -OCH3 is 1. The number of nitrogens with one attached hydrogen (secondary N) is 2. The van der Waals surface area contributed by atoms with Crippen molar-refractivity contribution >= 4 is 45.8 Å². The first kappa shape index (κ1) is 35.4. The summed E-state index contributed by atoms with van der Waals surface area (Å²) in [6, 6.07) is 30.8. The average molecular weight is 673 g/mol. The summed E-state index contributed by atoms with van der Waals surface area (Å²) in [5, 5.41) is 10.6. The summed E-state index contributed by atoms with van der Waals surface area (Å²) in [6.07, 6.45) is 4.48. The van der Waals surface area contributed by atoms with Crippen LogP contribution in [0.1, 0.15) is 60.8 Å². The summed E-state index contributed by atoms with van der Waals surface area (Å²) in [6.45, 7) is 4.36. The fourth-order valence-corrected chi connectivity index (χ4v) is 5.61. The second kappa shape index (κ2) is 16.9. The minimum Gasteiger partial charge on any atom is -0.466 e. The number of rotatable bonds is 11. The number of aliphatic hydroxyl groups is 1. The molecule has 256 valence electrons. The number of aromatic nitrogens is 2. The number of benzene rings is 4. The van der Waals surface area contributed by atoms with Gasteiger partial charge in [-0.3, -0.25) is 0 Å². The van der Waals surface area contributed by atoms with Crippen LogP contribution in [0.25, 0.3) is 27.9 Å². The summed E-state index contributed by atoms with van der Waals surface area (Å²) >= 11 is 0. The average Bonchev–Trinajstić information content (AvgIpc) is 3.66. The Morgan fingerprint density at radius 3 is 1.72 bits per heavy atom. The molecule has 0 aliphatic rings. The van der Waals surface area contributed by atoms with E-state index in [1.807, 2.05) is 111 Å². The highest BCUT2D eigenvalue weighted by Gasteiger charge is 2.19. The molecule has 0 saturated carbocycles. The Morgan fingerprint density at radius 1 is 0.680 bits per heavy atom. The van der Waals surface area contributed by atoms with Gasteiger partial charge < -0.3 is 29.3 Å². The van der Waals surface area contributed by atoms with E-state index in [4.69, 9.17) is 14.6 Å². The van der Waals surface area contributed by atoms with Crippen molar-refractivity contribution in [2.75, 3.05) is 13.7 Å². The molecule has 0 bridgehead atoms. The molecule has 9 nitrogen and oxygen atoms in total. The van der Waals surface area contributed by atoms with Crippen LogP contribution < -0.4 is 0 Å². The van der Waals surface area contributed by atoms with Gasteiger partial charge in [0.05, 0.1) is 18.2 Å². The van der Waals surface area contributed by atoms with Crippen molar-refractivity contribution in [1.82, 2.24) is 9.97 Å². The first-order chi connectivity index (χ1) is 24.3. The Labute approximate surface area is 290 Å². The zero-order chi connectivity index (χ0) is 35.5. The van der Waals surface area contributed by atoms with Gasteiger partial charge in [0.2, 0.25) is 0 Å². The number of aryl methyl sites for hydroxylation is 3. The fraction of sp³-hybridized carbons (Fsp3) is 0.195. The molecule has 9 heteroatoms. The highest BCUT2D eigenvalue weighted by Crippen LogP contribution is 2.26. The standard InChI is InChI=1S/C21H19NO4.C20H21NO3/c1-14-20(21(24)26-13-16-6-4-3-5-7-16)17-12-15(8-10-18(17)22-14)9-11-19(23)25-2;1-14-19(20(23)24-13-16-6-3-2-4-7-16)17-12-15(8-5-11-22)9-10-18(17)21-14/h3-12,22H,13H2,1-2H3;2-4,6-7,9-10,12,21-22H,5,8,11,13H2,1H3/b11-9+;. The minimum absolute atomic E-state index is 0.163. The van der Waals surface area contributed by atoms with E-state index in [0.29, 0.717) is 17.5 Å². The number of esters is 3. The number of H-pyrrole nitrogens is 2. The van der Waals surface area contributed by atoms with Crippen LogP contribution in [-0.2, 0) is 38.6 Å². The third-order valence-electron chi connectivity index (χ3n) is 8.13. The third kappa shape index (κ3) is 8.94. The smallest absolute Gasteiger partial charge is 0.340 e. The largest absolute Gasteiger partial charge is 0.466 e. The molecule has 50 heavy (non-hydrogen) atoms. The van der Waals surface area contributed by atoms with Gasteiger partial charge in [-0.15, -0.1) is 0 Å². The number of hydrogen-bond donors (Lipinski definition) is 3. The first-order valence-corrected chi connectivity index (χ1v) is 16.3. The molecule has 0 unspecified atom stereocenters. The maximum atomic E-state index is 12.6. The van der Waals surface area contributed by atoms with Gasteiger partial charge in [0, 0.05) is 45.9 Å². The van der Waals surface area contributed by atoms with Gasteiger partial charge in [-0.1, -0.05) is 72.8 Å². The lowest BCUT2D eigenvalue weighted by Crippen LogP contribution is -2.06.